The monoisotopic (exact) mass is 383 g/mol. The molecule has 1 aliphatic rings. The SMILES string of the molecule is COc1ccc(Cl)cc1S(=O)(=O)N[C@@H]1COc2c(cccc2OC)C1. The molecule has 0 fully saturated rings. The van der Waals surface area contributed by atoms with Gasteiger partial charge in [-0.3, -0.25) is 0 Å². The van der Waals surface area contributed by atoms with Gasteiger partial charge in [0.25, 0.3) is 0 Å². The lowest BCUT2D eigenvalue weighted by molar-refractivity contribution is 0.240. The molecule has 6 nitrogen and oxygen atoms in total. The summed E-state index contributed by atoms with van der Waals surface area (Å²) < 4.78 is 44.2. The number of fused-ring (bicyclic) bond motifs is 1. The van der Waals surface area contributed by atoms with E-state index in [2.05, 4.69) is 4.72 Å². The van der Waals surface area contributed by atoms with Crippen molar-refractivity contribution >= 4 is 21.6 Å². The van der Waals surface area contributed by atoms with Crippen LogP contribution in [0, 0.1) is 0 Å². The Morgan fingerprint density at radius 1 is 1.16 bits per heavy atom. The molecule has 1 aliphatic heterocycles. The average molecular weight is 384 g/mol. The lowest BCUT2D eigenvalue weighted by Crippen LogP contribution is -2.42. The Morgan fingerprint density at radius 3 is 2.64 bits per heavy atom. The summed E-state index contributed by atoms with van der Waals surface area (Å²) in [5, 5.41) is 0.316. The van der Waals surface area contributed by atoms with Gasteiger partial charge >= 0.3 is 0 Å². The molecule has 0 amide bonds. The van der Waals surface area contributed by atoms with Gasteiger partial charge in [0, 0.05) is 5.02 Å². The predicted octanol–water partition coefficient (Wildman–Crippen LogP) is 2.64. The number of para-hydroxylation sites is 1. The van der Waals surface area contributed by atoms with Gasteiger partial charge in [-0.15, -0.1) is 0 Å². The summed E-state index contributed by atoms with van der Waals surface area (Å²) >= 11 is 5.94. The third-order valence-electron chi connectivity index (χ3n) is 3.91. The van der Waals surface area contributed by atoms with Gasteiger partial charge in [0.1, 0.15) is 17.3 Å². The number of ether oxygens (including phenoxy) is 3. The fourth-order valence-electron chi connectivity index (χ4n) is 2.77. The third kappa shape index (κ3) is 3.68. The van der Waals surface area contributed by atoms with Crippen LogP contribution in [0.25, 0.3) is 0 Å². The molecule has 0 aromatic heterocycles. The molecule has 0 saturated heterocycles. The molecule has 1 atom stereocenters. The van der Waals surface area contributed by atoms with E-state index in [1.165, 1.54) is 19.2 Å². The van der Waals surface area contributed by atoms with Crippen LogP contribution in [0.3, 0.4) is 0 Å². The van der Waals surface area contributed by atoms with Gasteiger partial charge in [-0.05, 0) is 36.2 Å². The van der Waals surface area contributed by atoms with Crippen molar-refractivity contribution in [3.05, 3.63) is 47.0 Å². The van der Waals surface area contributed by atoms with Crippen LogP contribution in [0.5, 0.6) is 17.2 Å². The Balaban J connectivity index is 1.84. The Labute approximate surface area is 151 Å². The van der Waals surface area contributed by atoms with Gasteiger partial charge in [0.2, 0.25) is 10.0 Å². The van der Waals surface area contributed by atoms with E-state index >= 15 is 0 Å². The van der Waals surface area contributed by atoms with Gasteiger partial charge in [-0.25, -0.2) is 13.1 Å². The molecule has 1 N–H and O–H groups in total. The standard InChI is InChI=1S/C17H18ClNO5S/c1-22-14-7-6-12(18)9-16(14)25(20,21)19-13-8-11-4-3-5-15(23-2)17(11)24-10-13/h3-7,9,13,19H,8,10H2,1-2H3/t13-/m0/s1. The van der Waals surface area contributed by atoms with Crippen LogP contribution in [-0.2, 0) is 16.4 Å². The Bertz CT molecular complexity index is 885. The number of methoxy groups -OCH3 is 2. The average Bonchev–Trinajstić information content (AvgIpc) is 2.60. The molecule has 2 aromatic rings. The minimum absolute atomic E-state index is 0.000982. The molecule has 0 radical (unpaired) electrons. The van der Waals surface area contributed by atoms with E-state index in [9.17, 15) is 8.42 Å². The first-order valence-corrected chi connectivity index (χ1v) is 9.45. The third-order valence-corrected chi connectivity index (χ3v) is 5.69. The van der Waals surface area contributed by atoms with Crippen LogP contribution in [0.2, 0.25) is 5.02 Å². The fourth-order valence-corrected chi connectivity index (χ4v) is 4.43. The van der Waals surface area contributed by atoms with Crippen molar-refractivity contribution in [2.75, 3.05) is 20.8 Å². The highest BCUT2D eigenvalue weighted by molar-refractivity contribution is 7.89. The van der Waals surface area contributed by atoms with Gasteiger partial charge in [0.05, 0.1) is 20.3 Å². The van der Waals surface area contributed by atoms with Crippen LogP contribution in [0.4, 0.5) is 0 Å². The zero-order valence-electron chi connectivity index (χ0n) is 13.8. The normalized spacial score (nSPS) is 16.7. The molecular formula is C17H18ClNO5S. The van der Waals surface area contributed by atoms with Gasteiger partial charge in [-0.2, -0.15) is 0 Å². The molecular weight excluding hydrogens is 366 g/mol. The maximum absolute atomic E-state index is 12.7. The van der Waals surface area contributed by atoms with E-state index in [-0.39, 0.29) is 17.3 Å². The highest BCUT2D eigenvalue weighted by atomic mass is 35.5. The summed E-state index contributed by atoms with van der Waals surface area (Å²) in [6, 6.07) is 9.59. The number of benzene rings is 2. The van der Waals surface area contributed by atoms with Gasteiger partial charge in [-0.1, -0.05) is 23.7 Å². The van der Waals surface area contributed by atoms with Crippen molar-refractivity contribution in [2.45, 2.75) is 17.4 Å². The highest BCUT2D eigenvalue weighted by Crippen LogP contribution is 2.35. The van der Waals surface area contributed by atoms with Crippen molar-refractivity contribution < 1.29 is 22.6 Å². The Kier molecular flexibility index (Phi) is 5.08. The number of nitrogens with one attached hydrogen (secondary N) is 1. The summed E-state index contributed by atoms with van der Waals surface area (Å²) in [4.78, 5) is -0.000982. The molecule has 8 heteroatoms. The summed E-state index contributed by atoms with van der Waals surface area (Å²) in [5.41, 5.74) is 0.886. The minimum Gasteiger partial charge on any atom is -0.495 e. The predicted molar refractivity (Wildman–Crippen MR) is 94.3 cm³/mol. The zero-order valence-corrected chi connectivity index (χ0v) is 15.4. The van der Waals surface area contributed by atoms with Crippen LogP contribution in [0.1, 0.15) is 5.56 Å². The van der Waals surface area contributed by atoms with E-state index in [0.717, 1.165) is 5.56 Å². The second-order valence-corrected chi connectivity index (χ2v) is 7.70. The van der Waals surface area contributed by atoms with Gasteiger partial charge < -0.3 is 14.2 Å². The van der Waals surface area contributed by atoms with Crippen LogP contribution in [0.15, 0.2) is 41.3 Å². The number of halogens is 1. The van der Waals surface area contributed by atoms with Crippen LogP contribution < -0.4 is 18.9 Å². The molecule has 0 saturated carbocycles. The van der Waals surface area contributed by atoms with E-state index in [0.29, 0.717) is 22.9 Å². The van der Waals surface area contributed by atoms with E-state index in [1.807, 2.05) is 12.1 Å². The minimum atomic E-state index is -3.81. The van der Waals surface area contributed by atoms with E-state index in [1.54, 1.807) is 19.2 Å². The zero-order chi connectivity index (χ0) is 18.0. The number of rotatable bonds is 5. The van der Waals surface area contributed by atoms with E-state index < -0.39 is 16.1 Å². The molecule has 0 bridgehead atoms. The lowest BCUT2D eigenvalue weighted by atomic mass is 10.0. The smallest absolute Gasteiger partial charge is 0.244 e. The first-order chi connectivity index (χ1) is 11.9. The maximum Gasteiger partial charge on any atom is 0.244 e. The number of hydrogen-bond acceptors (Lipinski definition) is 5. The number of sulfonamides is 1. The maximum atomic E-state index is 12.7. The van der Waals surface area contributed by atoms with Crippen LogP contribution in [-0.4, -0.2) is 35.3 Å². The molecule has 25 heavy (non-hydrogen) atoms. The molecule has 2 aromatic carbocycles. The molecule has 0 spiro atoms. The van der Waals surface area contributed by atoms with E-state index in [4.69, 9.17) is 25.8 Å². The van der Waals surface area contributed by atoms with Gasteiger partial charge in [0.15, 0.2) is 11.5 Å². The first kappa shape index (κ1) is 17.8. The largest absolute Gasteiger partial charge is 0.495 e. The van der Waals surface area contributed by atoms with Crippen molar-refractivity contribution in [3.8, 4) is 17.2 Å². The molecule has 3 rings (SSSR count). The first-order valence-electron chi connectivity index (χ1n) is 7.59. The van der Waals surface area contributed by atoms with Crippen molar-refractivity contribution in [1.29, 1.82) is 0 Å². The quantitative estimate of drug-likeness (QED) is 0.859. The van der Waals surface area contributed by atoms with Crippen molar-refractivity contribution in [3.63, 3.8) is 0 Å². The second kappa shape index (κ2) is 7.11. The van der Waals surface area contributed by atoms with Crippen molar-refractivity contribution in [1.82, 2.24) is 4.72 Å². The molecule has 0 unspecified atom stereocenters. The molecule has 134 valence electrons. The number of hydrogen-bond donors (Lipinski definition) is 1. The Hall–Kier alpha value is -1.96. The van der Waals surface area contributed by atoms with Crippen LogP contribution >= 0.6 is 11.6 Å². The summed E-state index contributed by atoms with van der Waals surface area (Å²) in [7, 11) is -0.834. The summed E-state index contributed by atoms with van der Waals surface area (Å²) in [6.07, 6.45) is 0.495. The highest BCUT2D eigenvalue weighted by Gasteiger charge is 2.28. The molecule has 0 aliphatic carbocycles. The Morgan fingerprint density at radius 2 is 1.92 bits per heavy atom. The summed E-state index contributed by atoms with van der Waals surface area (Å²) in [5.74, 6) is 1.52. The van der Waals surface area contributed by atoms with Crippen molar-refractivity contribution in [2.24, 2.45) is 0 Å². The molecule has 1 heterocycles. The lowest BCUT2D eigenvalue weighted by Gasteiger charge is -2.27. The second-order valence-electron chi connectivity index (χ2n) is 5.58. The topological polar surface area (TPSA) is 73.9 Å². The fraction of sp³-hybridized carbons (Fsp3) is 0.294. The summed E-state index contributed by atoms with van der Waals surface area (Å²) in [6.45, 7) is 0.204.